The second kappa shape index (κ2) is 6.23. The molecule has 2 heteroatoms. The molecule has 1 N–H and O–H groups in total. The zero-order chi connectivity index (χ0) is 14.6. The first-order chi connectivity index (χ1) is 8.71. The molecule has 106 valence electrons. The summed E-state index contributed by atoms with van der Waals surface area (Å²) in [7, 11) is 0. The van der Waals surface area contributed by atoms with Crippen molar-refractivity contribution in [2.24, 2.45) is 17.3 Å². The molecule has 0 aliphatic rings. The van der Waals surface area contributed by atoms with Crippen molar-refractivity contribution in [3.8, 4) is 0 Å². The lowest BCUT2D eigenvalue weighted by atomic mass is 9.74. The van der Waals surface area contributed by atoms with Gasteiger partial charge in [0, 0.05) is 12.5 Å². The Labute approximate surface area is 117 Å². The fraction of sp³-hybridized carbons (Fsp3) is 0.588. The maximum atomic E-state index is 12.4. The number of aryl methyl sites for hydroxylation is 1. The van der Waals surface area contributed by atoms with Crippen molar-refractivity contribution in [1.82, 2.24) is 5.32 Å². The van der Waals surface area contributed by atoms with Gasteiger partial charge in [0.2, 0.25) is 5.91 Å². The van der Waals surface area contributed by atoms with Crippen LogP contribution in [0.25, 0.3) is 0 Å². The van der Waals surface area contributed by atoms with Crippen LogP contribution in [0.5, 0.6) is 0 Å². The summed E-state index contributed by atoms with van der Waals surface area (Å²) in [5.74, 6) is 0.541. The van der Waals surface area contributed by atoms with E-state index in [9.17, 15) is 4.79 Å². The largest absolute Gasteiger partial charge is 0.352 e. The SMILES string of the molecule is Cc1cccc(CNC(=O)C(C(C)C)C(C)(C)C)c1. The summed E-state index contributed by atoms with van der Waals surface area (Å²) in [4.78, 5) is 12.4. The highest BCUT2D eigenvalue weighted by molar-refractivity contribution is 5.79. The standard InChI is InChI=1S/C17H27NO/c1-12(2)15(17(4,5)6)16(19)18-11-14-9-7-8-13(3)10-14/h7-10,12,15H,11H2,1-6H3,(H,18,19). The second-order valence-electron chi connectivity index (χ2n) is 6.79. The van der Waals surface area contributed by atoms with Crippen molar-refractivity contribution in [1.29, 1.82) is 0 Å². The van der Waals surface area contributed by atoms with E-state index in [0.717, 1.165) is 5.56 Å². The number of carbonyl (C=O) groups excluding carboxylic acids is 1. The van der Waals surface area contributed by atoms with E-state index in [0.29, 0.717) is 12.5 Å². The number of hydrogen-bond donors (Lipinski definition) is 1. The van der Waals surface area contributed by atoms with Crippen molar-refractivity contribution < 1.29 is 4.79 Å². The number of hydrogen-bond acceptors (Lipinski definition) is 1. The van der Waals surface area contributed by atoms with Crippen LogP contribution >= 0.6 is 0 Å². The minimum absolute atomic E-state index is 0.00907. The summed E-state index contributed by atoms with van der Waals surface area (Å²) < 4.78 is 0. The first-order valence-corrected chi connectivity index (χ1v) is 7.05. The molecule has 0 saturated carbocycles. The highest BCUT2D eigenvalue weighted by Gasteiger charge is 2.33. The summed E-state index contributed by atoms with van der Waals surface area (Å²) in [5.41, 5.74) is 2.37. The molecule has 1 rings (SSSR count). The Kier molecular flexibility index (Phi) is 5.16. The van der Waals surface area contributed by atoms with E-state index in [1.54, 1.807) is 0 Å². The van der Waals surface area contributed by atoms with Crippen molar-refractivity contribution in [3.05, 3.63) is 35.4 Å². The third-order valence-corrected chi connectivity index (χ3v) is 3.43. The van der Waals surface area contributed by atoms with Crippen molar-refractivity contribution >= 4 is 5.91 Å². The molecular formula is C17H27NO. The Morgan fingerprint density at radius 1 is 1.26 bits per heavy atom. The Bertz CT molecular complexity index is 429. The Hall–Kier alpha value is -1.31. The smallest absolute Gasteiger partial charge is 0.224 e. The molecular weight excluding hydrogens is 234 g/mol. The third-order valence-electron chi connectivity index (χ3n) is 3.43. The molecule has 0 heterocycles. The lowest BCUT2D eigenvalue weighted by molar-refractivity contribution is -0.130. The van der Waals surface area contributed by atoms with Crippen molar-refractivity contribution in [2.45, 2.75) is 48.1 Å². The summed E-state index contributed by atoms with van der Waals surface area (Å²) in [6, 6.07) is 8.26. The van der Waals surface area contributed by atoms with Crippen LogP contribution in [0.3, 0.4) is 0 Å². The highest BCUT2D eigenvalue weighted by atomic mass is 16.1. The van der Waals surface area contributed by atoms with E-state index in [1.165, 1.54) is 5.56 Å². The summed E-state index contributed by atoms with van der Waals surface area (Å²) >= 11 is 0. The molecule has 0 bridgehead atoms. The molecule has 0 fully saturated rings. The lowest BCUT2D eigenvalue weighted by Crippen LogP contribution is -2.40. The zero-order valence-electron chi connectivity index (χ0n) is 13.1. The van der Waals surface area contributed by atoms with Crippen LogP contribution < -0.4 is 5.32 Å². The van der Waals surface area contributed by atoms with Gasteiger partial charge < -0.3 is 5.32 Å². The number of benzene rings is 1. The summed E-state index contributed by atoms with van der Waals surface area (Å²) in [6.07, 6.45) is 0. The van der Waals surface area contributed by atoms with E-state index in [2.05, 4.69) is 65.1 Å². The molecule has 0 aliphatic carbocycles. The number of carbonyl (C=O) groups is 1. The average molecular weight is 261 g/mol. The zero-order valence-corrected chi connectivity index (χ0v) is 13.1. The molecule has 2 nitrogen and oxygen atoms in total. The van der Waals surface area contributed by atoms with Gasteiger partial charge in [0.1, 0.15) is 0 Å². The molecule has 0 aromatic heterocycles. The average Bonchev–Trinajstić information content (AvgIpc) is 2.24. The maximum absolute atomic E-state index is 12.4. The maximum Gasteiger partial charge on any atom is 0.224 e. The van der Waals surface area contributed by atoms with Gasteiger partial charge in [-0.2, -0.15) is 0 Å². The number of amides is 1. The Balaban J connectivity index is 2.68. The number of rotatable bonds is 4. The van der Waals surface area contributed by atoms with Gasteiger partial charge in [0.05, 0.1) is 0 Å². The van der Waals surface area contributed by atoms with Crippen LogP contribution in [0.4, 0.5) is 0 Å². The van der Waals surface area contributed by atoms with E-state index < -0.39 is 0 Å². The van der Waals surface area contributed by atoms with E-state index >= 15 is 0 Å². The molecule has 0 spiro atoms. The molecule has 1 atom stereocenters. The van der Waals surface area contributed by atoms with E-state index in [1.807, 2.05) is 6.07 Å². The van der Waals surface area contributed by atoms with Crippen LogP contribution in [0.2, 0.25) is 0 Å². The van der Waals surface area contributed by atoms with Crippen LogP contribution in [-0.4, -0.2) is 5.91 Å². The summed E-state index contributed by atoms with van der Waals surface area (Å²) in [5, 5.41) is 3.08. The molecule has 1 aromatic carbocycles. The molecule has 0 saturated heterocycles. The van der Waals surface area contributed by atoms with Crippen LogP contribution in [-0.2, 0) is 11.3 Å². The molecule has 1 aromatic rings. The first-order valence-electron chi connectivity index (χ1n) is 7.05. The molecule has 1 unspecified atom stereocenters. The molecule has 1 amide bonds. The molecule has 19 heavy (non-hydrogen) atoms. The minimum atomic E-state index is -0.00907. The van der Waals surface area contributed by atoms with Gasteiger partial charge in [-0.05, 0) is 23.8 Å². The van der Waals surface area contributed by atoms with Crippen LogP contribution in [0.1, 0.15) is 45.7 Å². The highest BCUT2D eigenvalue weighted by Crippen LogP contribution is 2.32. The normalized spacial score (nSPS) is 13.4. The monoisotopic (exact) mass is 261 g/mol. The van der Waals surface area contributed by atoms with Gasteiger partial charge in [-0.1, -0.05) is 64.4 Å². The van der Waals surface area contributed by atoms with E-state index in [-0.39, 0.29) is 17.2 Å². The minimum Gasteiger partial charge on any atom is -0.352 e. The fourth-order valence-corrected chi connectivity index (χ4v) is 2.82. The summed E-state index contributed by atoms with van der Waals surface area (Å²) in [6.45, 7) is 13.3. The van der Waals surface area contributed by atoms with Gasteiger partial charge in [-0.15, -0.1) is 0 Å². The van der Waals surface area contributed by atoms with Crippen LogP contribution in [0.15, 0.2) is 24.3 Å². The van der Waals surface area contributed by atoms with Gasteiger partial charge in [0.15, 0.2) is 0 Å². The third kappa shape index (κ3) is 4.70. The predicted molar refractivity (Wildman–Crippen MR) is 80.8 cm³/mol. The Morgan fingerprint density at radius 3 is 2.37 bits per heavy atom. The van der Waals surface area contributed by atoms with Gasteiger partial charge in [-0.3, -0.25) is 4.79 Å². The van der Waals surface area contributed by atoms with E-state index in [4.69, 9.17) is 0 Å². The first kappa shape index (κ1) is 15.7. The second-order valence-corrected chi connectivity index (χ2v) is 6.79. The van der Waals surface area contributed by atoms with Gasteiger partial charge in [-0.25, -0.2) is 0 Å². The quantitative estimate of drug-likeness (QED) is 0.874. The Morgan fingerprint density at radius 2 is 1.89 bits per heavy atom. The topological polar surface area (TPSA) is 29.1 Å². The predicted octanol–water partition coefficient (Wildman–Crippen LogP) is 3.93. The fourth-order valence-electron chi connectivity index (χ4n) is 2.82. The lowest BCUT2D eigenvalue weighted by Gasteiger charge is -2.32. The number of nitrogens with one attached hydrogen (secondary N) is 1. The molecule has 0 aliphatic heterocycles. The van der Waals surface area contributed by atoms with Crippen molar-refractivity contribution in [3.63, 3.8) is 0 Å². The molecule has 0 radical (unpaired) electrons. The van der Waals surface area contributed by atoms with Gasteiger partial charge in [0.25, 0.3) is 0 Å². The van der Waals surface area contributed by atoms with Crippen LogP contribution in [0, 0.1) is 24.2 Å². The van der Waals surface area contributed by atoms with Crippen molar-refractivity contribution in [2.75, 3.05) is 0 Å². The van der Waals surface area contributed by atoms with Gasteiger partial charge >= 0.3 is 0 Å².